The fourth-order valence-corrected chi connectivity index (χ4v) is 3.26. The van der Waals surface area contributed by atoms with Gasteiger partial charge in [-0.15, -0.1) is 22.7 Å². The number of hydrogen-bond acceptors (Lipinski definition) is 6. The van der Waals surface area contributed by atoms with Gasteiger partial charge in [0.25, 0.3) is 0 Å². The lowest BCUT2D eigenvalue weighted by atomic mass is 10.3. The first-order chi connectivity index (χ1) is 10.2. The van der Waals surface area contributed by atoms with Gasteiger partial charge in [-0.1, -0.05) is 11.6 Å². The van der Waals surface area contributed by atoms with Crippen LogP contribution in [0.25, 0.3) is 16.9 Å². The number of hydrogen-bond donors (Lipinski definition) is 0. The average molecular weight is 334 g/mol. The molecule has 21 heavy (non-hydrogen) atoms. The van der Waals surface area contributed by atoms with Crippen LogP contribution in [0, 0.1) is 0 Å². The average Bonchev–Trinajstić information content (AvgIpc) is 3.15. The lowest BCUT2D eigenvalue weighted by molar-refractivity contribution is 0.105. The number of rotatable bonds is 4. The second-order valence-corrected chi connectivity index (χ2v) is 6.52. The Morgan fingerprint density at radius 3 is 2.76 bits per heavy atom. The summed E-state index contributed by atoms with van der Waals surface area (Å²) in [4.78, 5) is 25.2. The molecule has 4 nitrogen and oxygen atoms in total. The second-order valence-electron chi connectivity index (χ2n) is 3.95. The molecule has 0 amide bonds. The Labute approximate surface area is 133 Å². The molecule has 0 bridgehead atoms. The normalized spacial score (nSPS) is 11.1. The number of nitrogens with zero attached hydrogens (tertiary/aromatic N) is 3. The predicted molar refractivity (Wildman–Crippen MR) is 85.8 cm³/mol. The van der Waals surface area contributed by atoms with Crippen LogP contribution in [0.3, 0.4) is 0 Å². The van der Waals surface area contributed by atoms with Gasteiger partial charge in [-0.3, -0.25) is 4.79 Å². The zero-order valence-electron chi connectivity index (χ0n) is 10.6. The lowest BCUT2D eigenvalue weighted by Gasteiger charge is -1.91. The van der Waals surface area contributed by atoms with E-state index in [9.17, 15) is 4.79 Å². The van der Waals surface area contributed by atoms with E-state index in [1.54, 1.807) is 36.7 Å². The van der Waals surface area contributed by atoms with Crippen LogP contribution in [0.2, 0.25) is 4.34 Å². The van der Waals surface area contributed by atoms with E-state index in [0.29, 0.717) is 20.7 Å². The van der Waals surface area contributed by atoms with Crippen LogP contribution < -0.4 is 0 Å². The van der Waals surface area contributed by atoms with Gasteiger partial charge >= 0.3 is 0 Å². The summed E-state index contributed by atoms with van der Waals surface area (Å²) in [7, 11) is 0. The van der Waals surface area contributed by atoms with Gasteiger partial charge in [-0.25, -0.2) is 15.0 Å². The summed E-state index contributed by atoms with van der Waals surface area (Å²) in [6.45, 7) is 0. The van der Waals surface area contributed by atoms with Crippen molar-refractivity contribution in [2.45, 2.75) is 0 Å². The van der Waals surface area contributed by atoms with E-state index in [2.05, 4.69) is 15.0 Å². The molecule has 0 spiro atoms. The number of ketones is 1. The molecule has 0 saturated heterocycles. The summed E-state index contributed by atoms with van der Waals surface area (Å²) in [5.41, 5.74) is 0.707. The number of carbonyl (C=O) groups is 1. The zero-order chi connectivity index (χ0) is 14.7. The van der Waals surface area contributed by atoms with E-state index < -0.39 is 0 Å². The van der Waals surface area contributed by atoms with Gasteiger partial charge in [0.2, 0.25) is 0 Å². The third kappa shape index (κ3) is 3.41. The number of carbonyl (C=O) groups excluding carboxylic acids is 1. The lowest BCUT2D eigenvalue weighted by Crippen LogP contribution is -1.89. The van der Waals surface area contributed by atoms with Crippen LogP contribution in [0.1, 0.15) is 15.4 Å². The zero-order valence-corrected chi connectivity index (χ0v) is 13.0. The first-order valence-electron chi connectivity index (χ1n) is 5.93. The molecule has 3 aromatic rings. The summed E-state index contributed by atoms with van der Waals surface area (Å²) < 4.78 is 0.601. The maximum absolute atomic E-state index is 11.9. The monoisotopic (exact) mass is 333 g/mol. The SMILES string of the molecule is O=C(/C=C/c1csc(-c2ncccn2)n1)c1ccc(Cl)s1. The Kier molecular flexibility index (Phi) is 4.19. The molecule has 0 saturated carbocycles. The highest BCUT2D eigenvalue weighted by Crippen LogP contribution is 2.23. The van der Waals surface area contributed by atoms with Crippen LogP contribution in [0.5, 0.6) is 0 Å². The van der Waals surface area contributed by atoms with Crippen molar-refractivity contribution < 1.29 is 4.79 Å². The van der Waals surface area contributed by atoms with Crippen LogP contribution in [0.4, 0.5) is 0 Å². The van der Waals surface area contributed by atoms with E-state index in [4.69, 9.17) is 11.6 Å². The number of thiophene rings is 1. The molecular formula is C14H8ClN3OS2. The Bertz CT molecular complexity index is 795. The molecule has 0 aliphatic carbocycles. The number of aromatic nitrogens is 3. The standard InChI is InChI=1S/C14H8ClN3OS2/c15-12-5-4-11(21-12)10(19)3-2-9-8-20-14(18-9)13-16-6-1-7-17-13/h1-8H/b3-2+. The van der Waals surface area contributed by atoms with E-state index in [1.807, 2.05) is 5.38 Å². The van der Waals surface area contributed by atoms with E-state index in [1.165, 1.54) is 28.7 Å². The topological polar surface area (TPSA) is 55.7 Å². The third-order valence-electron chi connectivity index (χ3n) is 2.50. The molecule has 0 aromatic carbocycles. The van der Waals surface area contributed by atoms with Gasteiger partial charge in [0.1, 0.15) is 0 Å². The summed E-state index contributed by atoms with van der Waals surface area (Å²) in [6.07, 6.45) is 6.51. The second kappa shape index (κ2) is 6.26. The van der Waals surface area contributed by atoms with Crippen LogP contribution in [-0.2, 0) is 0 Å². The molecule has 0 atom stereocenters. The van der Waals surface area contributed by atoms with Crippen molar-refractivity contribution in [3.63, 3.8) is 0 Å². The summed E-state index contributed by atoms with van der Waals surface area (Å²) in [5, 5.41) is 2.58. The van der Waals surface area contributed by atoms with Gasteiger partial charge in [-0.05, 0) is 30.4 Å². The molecular weight excluding hydrogens is 326 g/mol. The van der Waals surface area contributed by atoms with Crippen molar-refractivity contribution in [1.29, 1.82) is 0 Å². The Hall–Kier alpha value is -1.89. The fourth-order valence-electron chi connectivity index (χ4n) is 1.56. The predicted octanol–water partition coefficient (Wildman–Crippen LogP) is 4.21. The Morgan fingerprint density at radius 1 is 1.24 bits per heavy atom. The van der Waals surface area contributed by atoms with Crippen molar-refractivity contribution in [3.05, 3.63) is 57.0 Å². The first kappa shape index (κ1) is 14.1. The van der Waals surface area contributed by atoms with Gasteiger partial charge < -0.3 is 0 Å². The maximum Gasteiger partial charge on any atom is 0.195 e. The molecule has 3 heterocycles. The quantitative estimate of drug-likeness (QED) is 0.530. The Balaban J connectivity index is 1.75. The smallest absolute Gasteiger partial charge is 0.195 e. The van der Waals surface area contributed by atoms with Crippen molar-refractivity contribution in [2.75, 3.05) is 0 Å². The third-order valence-corrected chi connectivity index (χ3v) is 4.60. The molecule has 3 rings (SSSR count). The minimum Gasteiger partial charge on any atom is -0.288 e. The van der Waals surface area contributed by atoms with Gasteiger partial charge in [-0.2, -0.15) is 0 Å². The molecule has 104 valence electrons. The van der Waals surface area contributed by atoms with Crippen molar-refractivity contribution in [2.24, 2.45) is 0 Å². The Morgan fingerprint density at radius 2 is 2.05 bits per heavy atom. The molecule has 7 heteroatoms. The first-order valence-corrected chi connectivity index (χ1v) is 8.00. The molecule has 0 aliphatic heterocycles. The van der Waals surface area contributed by atoms with E-state index >= 15 is 0 Å². The summed E-state index contributed by atoms with van der Waals surface area (Å²) in [6, 6.07) is 5.17. The molecule has 3 aromatic heterocycles. The van der Waals surface area contributed by atoms with Crippen LogP contribution in [-0.4, -0.2) is 20.7 Å². The van der Waals surface area contributed by atoms with E-state index in [-0.39, 0.29) is 5.78 Å². The van der Waals surface area contributed by atoms with Crippen molar-refractivity contribution in [3.8, 4) is 10.8 Å². The largest absolute Gasteiger partial charge is 0.288 e. The van der Waals surface area contributed by atoms with Crippen molar-refractivity contribution >= 4 is 46.1 Å². The van der Waals surface area contributed by atoms with Crippen LogP contribution >= 0.6 is 34.3 Å². The molecule has 0 radical (unpaired) electrons. The van der Waals surface area contributed by atoms with Gasteiger partial charge in [0.05, 0.1) is 14.9 Å². The fraction of sp³-hybridized carbons (Fsp3) is 0. The van der Waals surface area contributed by atoms with Gasteiger partial charge in [0, 0.05) is 17.8 Å². The number of thiazole rings is 1. The number of halogens is 1. The minimum absolute atomic E-state index is 0.0857. The highest BCUT2D eigenvalue weighted by atomic mass is 35.5. The van der Waals surface area contributed by atoms with Crippen LogP contribution in [0.15, 0.2) is 42.0 Å². The van der Waals surface area contributed by atoms with Crippen molar-refractivity contribution in [1.82, 2.24) is 15.0 Å². The number of allylic oxidation sites excluding steroid dienone is 1. The highest BCUT2D eigenvalue weighted by Gasteiger charge is 2.07. The van der Waals surface area contributed by atoms with Gasteiger partial charge in [0.15, 0.2) is 16.6 Å². The molecule has 0 N–H and O–H groups in total. The molecule has 0 aliphatic rings. The minimum atomic E-state index is -0.0857. The van der Waals surface area contributed by atoms with E-state index in [0.717, 1.165) is 5.01 Å². The summed E-state index contributed by atoms with van der Waals surface area (Å²) in [5.74, 6) is 0.496. The maximum atomic E-state index is 11.9. The highest BCUT2D eigenvalue weighted by molar-refractivity contribution is 7.18. The molecule has 0 unspecified atom stereocenters. The summed E-state index contributed by atoms with van der Waals surface area (Å²) >= 11 is 8.51. The molecule has 0 fully saturated rings.